The van der Waals surface area contributed by atoms with E-state index >= 15 is 0 Å². The number of benzene rings is 1. The third-order valence-electron chi connectivity index (χ3n) is 2.82. The van der Waals surface area contributed by atoms with Crippen LogP contribution in [0.3, 0.4) is 0 Å². The van der Waals surface area contributed by atoms with E-state index in [0.29, 0.717) is 0 Å². The zero-order valence-electron chi connectivity index (χ0n) is 9.31. The van der Waals surface area contributed by atoms with Gasteiger partial charge in [0.1, 0.15) is 4.90 Å². The van der Waals surface area contributed by atoms with Crippen LogP contribution in [0.1, 0.15) is 0 Å². The van der Waals surface area contributed by atoms with Crippen molar-refractivity contribution in [1.82, 2.24) is 4.31 Å². The maximum atomic E-state index is 12.3. The first kappa shape index (κ1) is 13.9. The van der Waals surface area contributed by atoms with Gasteiger partial charge >= 0.3 is 0 Å². The van der Waals surface area contributed by atoms with E-state index < -0.39 is 10.0 Å². The Balaban J connectivity index is 2.37. The van der Waals surface area contributed by atoms with Crippen LogP contribution >= 0.6 is 23.2 Å². The molecule has 1 fully saturated rings. The first-order valence-corrected chi connectivity index (χ1v) is 7.41. The second-order valence-electron chi connectivity index (χ2n) is 4.18. The highest BCUT2D eigenvalue weighted by Gasteiger charge is 2.38. The highest BCUT2D eigenvalue weighted by molar-refractivity contribution is 7.89. The molecule has 18 heavy (non-hydrogen) atoms. The third kappa shape index (κ3) is 2.31. The van der Waals surface area contributed by atoms with Crippen LogP contribution in [0.25, 0.3) is 0 Å². The summed E-state index contributed by atoms with van der Waals surface area (Å²) in [5.41, 5.74) is 5.70. The molecule has 0 atom stereocenters. The lowest BCUT2D eigenvalue weighted by atomic mass is 10.1. The van der Waals surface area contributed by atoms with Gasteiger partial charge in [-0.15, -0.1) is 0 Å². The van der Waals surface area contributed by atoms with Crippen molar-refractivity contribution in [1.29, 1.82) is 0 Å². The molecule has 1 saturated heterocycles. The van der Waals surface area contributed by atoms with Crippen LogP contribution in [0.2, 0.25) is 10.0 Å². The number of nitrogen functional groups attached to an aromatic ring is 1. The summed E-state index contributed by atoms with van der Waals surface area (Å²) in [5.74, 6) is -0.0212. The SMILES string of the molecule is Nc1cc(Cl)cc(Cl)c1S(=O)(=O)N1CC(CO)C1. The number of aliphatic hydroxyl groups is 1. The van der Waals surface area contributed by atoms with Gasteiger partial charge in [-0.05, 0) is 12.1 Å². The van der Waals surface area contributed by atoms with Gasteiger partial charge in [-0.2, -0.15) is 4.31 Å². The Kier molecular flexibility index (Phi) is 3.75. The molecule has 0 saturated carbocycles. The van der Waals surface area contributed by atoms with Crippen molar-refractivity contribution in [2.45, 2.75) is 4.90 Å². The van der Waals surface area contributed by atoms with Crippen LogP contribution in [-0.4, -0.2) is 37.5 Å². The fourth-order valence-electron chi connectivity index (χ4n) is 1.82. The molecule has 0 radical (unpaired) electrons. The lowest BCUT2D eigenvalue weighted by Crippen LogP contribution is -2.51. The van der Waals surface area contributed by atoms with Gasteiger partial charge in [-0.25, -0.2) is 8.42 Å². The fraction of sp³-hybridized carbons (Fsp3) is 0.400. The summed E-state index contributed by atoms with van der Waals surface area (Å²) in [6.45, 7) is 0.518. The van der Waals surface area contributed by atoms with E-state index in [1.54, 1.807) is 0 Å². The van der Waals surface area contributed by atoms with E-state index in [1.165, 1.54) is 16.4 Å². The minimum absolute atomic E-state index is 0.00690. The van der Waals surface area contributed by atoms with Gasteiger partial charge in [0.25, 0.3) is 0 Å². The maximum Gasteiger partial charge on any atom is 0.246 e. The Morgan fingerprint density at radius 3 is 2.50 bits per heavy atom. The summed E-state index contributed by atoms with van der Waals surface area (Å²) in [7, 11) is -3.72. The highest BCUT2D eigenvalue weighted by atomic mass is 35.5. The Labute approximate surface area is 115 Å². The first-order chi connectivity index (χ1) is 8.36. The zero-order valence-corrected chi connectivity index (χ0v) is 11.6. The maximum absolute atomic E-state index is 12.3. The molecule has 1 aliphatic heterocycles. The molecule has 1 heterocycles. The number of nitrogens with two attached hydrogens (primary N) is 1. The van der Waals surface area contributed by atoms with Gasteiger partial charge < -0.3 is 10.8 Å². The molecule has 1 aromatic carbocycles. The van der Waals surface area contributed by atoms with Gasteiger partial charge in [0, 0.05) is 30.6 Å². The minimum Gasteiger partial charge on any atom is -0.398 e. The molecule has 100 valence electrons. The average molecular weight is 311 g/mol. The summed E-state index contributed by atoms with van der Waals surface area (Å²) in [6.07, 6.45) is 0. The number of hydrogen-bond donors (Lipinski definition) is 2. The van der Waals surface area contributed by atoms with Crippen molar-refractivity contribution in [2.24, 2.45) is 5.92 Å². The fourth-order valence-corrected chi connectivity index (χ4v) is 4.35. The van der Waals surface area contributed by atoms with Gasteiger partial charge in [0.15, 0.2) is 0 Å². The molecule has 1 aliphatic rings. The molecule has 2 rings (SSSR count). The summed E-state index contributed by atoms with van der Waals surface area (Å²) >= 11 is 11.6. The largest absolute Gasteiger partial charge is 0.398 e. The van der Waals surface area contributed by atoms with Crippen molar-refractivity contribution in [3.8, 4) is 0 Å². The summed E-state index contributed by atoms with van der Waals surface area (Å²) < 4.78 is 25.8. The lowest BCUT2D eigenvalue weighted by molar-refractivity contribution is 0.117. The topological polar surface area (TPSA) is 83.6 Å². The smallest absolute Gasteiger partial charge is 0.246 e. The molecule has 0 amide bonds. The molecule has 0 unspecified atom stereocenters. The second kappa shape index (κ2) is 4.86. The number of anilines is 1. The Morgan fingerprint density at radius 2 is 2.00 bits per heavy atom. The Morgan fingerprint density at radius 1 is 1.39 bits per heavy atom. The van der Waals surface area contributed by atoms with Crippen LogP contribution in [0.15, 0.2) is 17.0 Å². The lowest BCUT2D eigenvalue weighted by Gasteiger charge is -2.37. The molecule has 0 aliphatic carbocycles. The Bertz CT molecular complexity index is 547. The van der Waals surface area contributed by atoms with E-state index in [0.717, 1.165) is 0 Å². The Hall–Kier alpha value is -0.530. The van der Waals surface area contributed by atoms with Crippen LogP contribution in [0.5, 0.6) is 0 Å². The molecule has 0 bridgehead atoms. The van der Waals surface area contributed by atoms with Gasteiger partial charge in [-0.1, -0.05) is 23.2 Å². The quantitative estimate of drug-likeness (QED) is 0.821. The summed E-state index contributed by atoms with van der Waals surface area (Å²) in [4.78, 5) is -0.120. The monoisotopic (exact) mass is 310 g/mol. The second-order valence-corrected chi connectivity index (χ2v) is 6.89. The predicted octanol–water partition coefficient (Wildman–Crippen LogP) is 1.19. The van der Waals surface area contributed by atoms with Crippen LogP contribution < -0.4 is 5.73 Å². The van der Waals surface area contributed by atoms with Crippen molar-refractivity contribution >= 4 is 38.9 Å². The number of hydrogen-bond acceptors (Lipinski definition) is 4. The molecular weight excluding hydrogens is 299 g/mol. The van der Waals surface area contributed by atoms with Crippen molar-refractivity contribution in [2.75, 3.05) is 25.4 Å². The molecule has 0 aromatic heterocycles. The highest BCUT2D eigenvalue weighted by Crippen LogP contribution is 2.35. The molecule has 8 heteroatoms. The number of sulfonamides is 1. The van der Waals surface area contributed by atoms with E-state index in [2.05, 4.69) is 0 Å². The minimum atomic E-state index is -3.72. The number of nitrogens with zero attached hydrogens (tertiary/aromatic N) is 1. The summed E-state index contributed by atoms with van der Waals surface area (Å²) in [6, 6.07) is 2.69. The summed E-state index contributed by atoms with van der Waals surface area (Å²) in [5, 5.41) is 9.19. The van der Waals surface area contributed by atoms with Crippen LogP contribution in [0.4, 0.5) is 5.69 Å². The number of halogens is 2. The normalized spacial score (nSPS) is 17.7. The number of rotatable bonds is 3. The molecule has 1 aromatic rings. The first-order valence-electron chi connectivity index (χ1n) is 5.21. The van der Waals surface area contributed by atoms with E-state index in [4.69, 9.17) is 34.0 Å². The number of aliphatic hydroxyl groups excluding tert-OH is 1. The van der Waals surface area contributed by atoms with Crippen LogP contribution in [-0.2, 0) is 10.0 Å². The standard InChI is InChI=1S/C10H12Cl2N2O3S/c11-7-1-8(12)10(9(13)2-7)18(16,17)14-3-6(4-14)5-15/h1-2,6,15H,3-5,13H2. The van der Waals surface area contributed by atoms with Crippen molar-refractivity contribution < 1.29 is 13.5 Å². The van der Waals surface area contributed by atoms with E-state index in [9.17, 15) is 8.42 Å². The molecule has 0 spiro atoms. The van der Waals surface area contributed by atoms with Gasteiger partial charge in [0.05, 0.1) is 10.7 Å². The molecule has 5 nitrogen and oxygen atoms in total. The van der Waals surface area contributed by atoms with E-state index in [1.807, 2.05) is 0 Å². The van der Waals surface area contributed by atoms with Crippen LogP contribution in [0, 0.1) is 5.92 Å². The van der Waals surface area contributed by atoms with Crippen molar-refractivity contribution in [3.63, 3.8) is 0 Å². The third-order valence-corrected chi connectivity index (χ3v) is 5.39. The average Bonchev–Trinajstić information content (AvgIpc) is 2.12. The predicted molar refractivity (Wildman–Crippen MR) is 70.2 cm³/mol. The van der Waals surface area contributed by atoms with Gasteiger partial charge in [-0.3, -0.25) is 0 Å². The van der Waals surface area contributed by atoms with Crippen molar-refractivity contribution in [3.05, 3.63) is 22.2 Å². The van der Waals surface area contributed by atoms with Gasteiger partial charge in [0.2, 0.25) is 10.0 Å². The molecule has 3 N–H and O–H groups in total. The molecular formula is C10H12Cl2N2O3S. The zero-order chi connectivity index (χ0) is 13.5. The van der Waals surface area contributed by atoms with E-state index in [-0.39, 0.29) is 46.2 Å².